The molecule has 6 heteroatoms. The number of rotatable bonds is 8. The van der Waals surface area contributed by atoms with Gasteiger partial charge < -0.3 is 5.32 Å². The molecule has 0 amide bonds. The summed E-state index contributed by atoms with van der Waals surface area (Å²) < 4.78 is 22.3. The van der Waals surface area contributed by atoms with Gasteiger partial charge in [0.1, 0.15) is 9.84 Å². The second-order valence-corrected chi connectivity index (χ2v) is 9.09. The Balaban J connectivity index is 2.64. The van der Waals surface area contributed by atoms with Crippen LogP contribution in [0.1, 0.15) is 19.4 Å². The second kappa shape index (κ2) is 8.27. The van der Waals surface area contributed by atoms with E-state index in [-0.39, 0.29) is 5.75 Å². The highest BCUT2D eigenvalue weighted by atomic mass is 35.5. The predicted molar refractivity (Wildman–Crippen MR) is 88.4 cm³/mol. The van der Waals surface area contributed by atoms with Crippen molar-refractivity contribution in [2.75, 3.05) is 24.3 Å². The number of hydrogen-bond acceptors (Lipinski definition) is 4. The Labute approximate surface area is 131 Å². The molecule has 1 rings (SSSR count). The third kappa shape index (κ3) is 7.53. The first-order chi connectivity index (χ1) is 9.28. The maximum Gasteiger partial charge on any atom is 0.148 e. The summed E-state index contributed by atoms with van der Waals surface area (Å²) in [6.07, 6.45) is 1.26. The first kappa shape index (κ1) is 17.8. The molecular weight excluding hydrogens is 314 g/mol. The molecular formula is C14H22ClNO2S2. The van der Waals surface area contributed by atoms with Crippen LogP contribution < -0.4 is 5.32 Å². The van der Waals surface area contributed by atoms with Gasteiger partial charge in [0.15, 0.2) is 0 Å². The molecule has 3 nitrogen and oxygen atoms in total. The largest absolute Gasteiger partial charge is 0.312 e. The van der Waals surface area contributed by atoms with Gasteiger partial charge >= 0.3 is 0 Å². The molecule has 0 fully saturated rings. The van der Waals surface area contributed by atoms with E-state index in [1.165, 1.54) is 6.26 Å². The van der Waals surface area contributed by atoms with E-state index in [0.717, 1.165) is 23.5 Å². The van der Waals surface area contributed by atoms with Crippen LogP contribution in [0.4, 0.5) is 0 Å². The van der Waals surface area contributed by atoms with Gasteiger partial charge in [-0.1, -0.05) is 25.4 Å². The Kier molecular flexibility index (Phi) is 7.37. The summed E-state index contributed by atoms with van der Waals surface area (Å²) in [6, 6.07) is 5.75. The molecule has 0 saturated carbocycles. The van der Waals surface area contributed by atoms with Crippen molar-refractivity contribution >= 4 is 33.2 Å². The van der Waals surface area contributed by atoms with Gasteiger partial charge in [-0.2, -0.15) is 0 Å². The van der Waals surface area contributed by atoms with Gasteiger partial charge in [-0.15, -0.1) is 11.8 Å². The van der Waals surface area contributed by atoms with E-state index in [4.69, 9.17) is 11.6 Å². The van der Waals surface area contributed by atoms with Crippen LogP contribution in [-0.4, -0.2) is 32.7 Å². The van der Waals surface area contributed by atoms with Crippen molar-refractivity contribution < 1.29 is 8.42 Å². The molecule has 1 aromatic carbocycles. The monoisotopic (exact) mass is 335 g/mol. The molecule has 0 unspecified atom stereocenters. The summed E-state index contributed by atoms with van der Waals surface area (Å²) in [5.41, 5.74) is 1.12. The highest BCUT2D eigenvalue weighted by molar-refractivity contribution is 8.00. The first-order valence-electron chi connectivity index (χ1n) is 6.57. The zero-order chi connectivity index (χ0) is 15.2. The zero-order valence-electron chi connectivity index (χ0n) is 12.1. The van der Waals surface area contributed by atoms with Crippen molar-refractivity contribution in [2.45, 2.75) is 25.3 Å². The van der Waals surface area contributed by atoms with Crippen molar-refractivity contribution in [3.05, 3.63) is 28.8 Å². The van der Waals surface area contributed by atoms with Crippen molar-refractivity contribution in [1.29, 1.82) is 0 Å². The average Bonchev–Trinajstić information content (AvgIpc) is 2.30. The van der Waals surface area contributed by atoms with E-state index in [1.54, 1.807) is 11.8 Å². The maximum absolute atomic E-state index is 11.2. The minimum absolute atomic E-state index is 0.194. The van der Waals surface area contributed by atoms with Gasteiger partial charge in [0, 0.05) is 28.5 Å². The molecule has 0 saturated heterocycles. The molecule has 20 heavy (non-hydrogen) atoms. The van der Waals surface area contributed by atoms with Gasteiger partial charge in [0.05, 0.1) is 5.75 Å². The smallest absolute Gasteiger partial charge is 0.148 e. The predicted octanol–water partition coefficient (Wildman–Crippen LogP) is 3.22. The van der Waals surface area contributed by atoms with Crippen LogP contribution in [0.5, 0.6) is 0 Å². The lowest BCUT2D eigenvalue weighted by Gasteiger charge is -2.12. The molecule has 0 aliphatic heterocycles. The van der Waals surface area contributed by atoms with Crippen LogP contribution in [0.2, 0.25) is 5.02 Å². The lowest BCUT2D eigenvalue weighted by atomic mass is 10.2. The minimum Gasteiger partial charge on any atom is -0.312 e. The number of nitrogens with one attached hydrogen (secondary N) is 1. The van der Waals surface area contributed by atoms with Crippen molar-refractivity contribution in [3.63, 3.8) is 0 Å². The molecule has 1 aromatic rings. The Bertz CT molecular complexity index is 530. The lowest BCUT2D eigenvalue weighted by Crippen LogP contribution is -2.19. The summed E-state index contributed by atoms with van der Waals surface area (Å²) in [4.78, 5) is 1.09. The quantitative estimate of drug-likeness (QED) is 0.741. The fourth-order valence-electron chi connectivity index (χ4n) is 1.63. The first-order valence-corrected chi connectivity index (χ1v) is 10.00. The summed E-state index contributed by atoms with van der Waals surface area (Å²) in [5.74, 6) is 1.35. The topological polar surface area (TPSA) is 46.2 Å². The molecule has 114 valence electrons. The van der Waals surface area contributed by atoms with Gasteiger partial charge in [-0.25, -0.2) is 8.42 Å². The number of benzene rings is 1. The highest BCUT2D eigenvalue weighted by Crippen LogP contribution is 2.26. The van der Waals surface area contributed by atoms with E-state index in [9.17, 15) is 8.42 Å². The van der Waals surface area contributed by atoms with Crippen LogP contribution in [-0.2, 0) is 16.4 Å². The van der Waals surface area contributed by atoms with E-state index in [0.29, 0.717) is 16.7 Å². The normalized spacial score (nSPS) is 12.1. The van der Waals surface area contributed by atoms with Crippen LogP contribution in [0, 0.1) is 5.92 Å². The number of hydrogen-bond donors (Lipinski definition) is 1. The summed E-state index contributed by atoms with van der Waals surface area (Å²) in [6.45, 7) is 6.01. The van der Waals surface area contributed by atoms with Crippen LogP contribution in [0.3, 0.4) is 0 Å². The van der Waals surface area contributed by atoms with E-state index >= 15 is 0 Å². The molecule has 0 aliphatic carbocycles. The van der Waals surface area contributed by atoms with Gasteiger partial charge in [0.2, 0.25) is 0 Å². The molecule has 0 aliphatic rings. The lowest BCUT2D eigenvalue weighted by molar-refractivity contribution is 0.550. The molecule has 0 radical (unpaired) electrons. The van der Waals surface area contributed by atoms with Gasteiger partial charge in [-0.05, 0) is 36.2 Å². The van der Waals surface area contributed by atoms with Gasteiger partial charge in [0.25, 0.3) is 0 Å². The van der Waals surface area contributed by atoms with E-state index in [1.807, 2.05) is 18.2 Å². The Morgan fingerprint density at radius 1 is 1.35 bits per heavy atom. The zero-order valence-corrected chi connectivity index (χ0v) is 14.5. The number of halogens is 1. The third-order valence-electron chi connectivity index (χ3n) is 2.60. The Morgan fingerprint density at radius 3 is 2.65 bits per heavy atom. The number of sulfone groups is 1. The molecule has 0 spiro atoms. The maximum atomic E-state index is 11.2. The second-order valence-electron chi connectivity index (χ2n) is 5.26. The average molecular weight is 336 g/mol. The molecule has 1 N–H and O–H groups in total. The minimum atomic E-state index is -2.91. The fraction of sp³-hybridized carbons (Fsp3) is 0.571. The highest BCUT2D eigenvalue weighted by Gasteiger charge is 2.07. The van der Waals surface area contributed by atoms with Gasteiger partial charge in [-0.3, -0.25) is 0 Å². The van der Waals surface area contributed by atoms with Crippen molar-refractivity contribution in [1.82, 2.24) is 5.32 Å². The standard InChI is InChI=1S/C14H22ClNO2S2/c1-11(2)9-16-10-12-8-13(15)4-5-14(12)19-6-7-20(3,17)18/h4-5,8,11,16H,6-7,9-10H2,1-3H3. The Hall–Kier alpha value is -0.230. The van der Waals surface area contributed by atoms with Crippen LogP contribution in [0.25, 0.3) is 0 Å². The van der Waals surface area contributed by atoms with Crippen molar-refractivity contribution in [2.24, 2.45) is 5.92 Å². The summed E-state index contributed by atoms with van der Waals surface area (Å²) >= 11 is 7.60. The van der Waals surface area contributed by atoms with Crippen molar-refractivity contribution in [3.8, 4) is 0 Å². The van der Waals surface area contributed by atoms with E-state index < -0.39 is 9.84 Å². The molecule has 0 aromatic heterocycles. The molecule has 0 atom stereocenters. The van der Waals surface area contributed by atoms with Crippen LogP contribution in [0.15, 0.2) is 23.1 Å². The fourth-order valence-corrected chi connectivity index (χ4v) is 4.07. The van der Waals surface area contributed by atoms with Crippen LogP contribution >= 0.6 is 23.4 Å². The summed E-state index contributed by atoms with van der Waals surface area (Å²) in [7, 11) is -2.91. The number of thioether (sulfide) groups is 1. The Morgan fingerprint density at radius 2 is 2.05 bits per heavy atom. The molecule has 0 bridgehead atoms. The summed E-state index contributed by atoms with van der Waals surface area (Å²) in [5, 5.41) is 4.09. The third-order valence-corrected chi connectivity index (χ3v) is 5.16. The molecule has 0 heterocycles. The SMILES string of the molecule is CC(C)CNCc1cc(Cl)ccc1SCCS(C)(=O)=O. The van der Waals surface area contributed by atoms with E-state index in [2.05, 4.69) is 19.2 Å².